The first-order valence-electron chi connectivity index (χ1n) is 10.7. The molecule has 2 aromatic rings. The van der Waals surface area contributed by atoms with Crippen LogP contribution >= 0.6 is 0 Å². The largest absolute Gasteiger partial charge is 2.00 e. The Hall–Kier alpha value is -2.51. The Bertz CT molecular complexity index is 642. The summed E-state index contributed by atoms with van der Waals surface area (Å²) in [6, 6.07) is 20.5. The molecule has 0 spiro atoms. The van der Waals surface area contributed by atoms with E-state index in [1.165, 1.54) is 0 Å². The summed E-state index contributed by atoms with van der Waals surface area (Å²) in [6.07, 6.45) is 6.56. The fourth-order valence-electron chi connectivity index (χ4n) is 3.19. The predicted octanol–water partition coefficient (Wildman–Crippen LogP) is 7.87. The van der Waals surface area contributed by atoms with Crippen LogP contribution in [0.25, 0.3) is 21.3 Å². The molecule has 0 fully saturated rings. The minimum absolute atomic E-state index is 0. The molecular weight excluding hydrogens is 433 g/mol. The molecule has 0 bridgehead atoms. The second-order valence-electron chi connectivity index (χ2n) is 7.01. The van der Waals surface area contributed by atoms with Gasteiger partial charge in [-0.05, 0) is 22.7 Å². The maximum atomic E-state index is 7.25. The molecule has 31 heavy (non-hydrogen) atoms. The predicted molar refractivity (Wildman–Crippen MR) is 126 cm³/mol. The summed E-state index contributed by atoms with van der Waals surface area (Å²) in [6.45, 7) is 3.36. The van der Waals surface area contributed by atoms with Gasteiger partial charge < -0.3 is 21.3 Å². The molecule has 2 radical (unpaired) electrons. The van der Waals surface area contributed by atoms with Crippen LogP contribution < -0.4 is 5.59 Å². The van der Waals surface area contributed by atoms with E-state index in [4.69, 9.17) is 31.8 Å². The molecule has 0 aromatic heterocycles. The molecule has 6 nitrogen and oxygen atoms in total. The number of fused-ring (bicyclic) bond motifs is 2. The average molecular weight is 463 g/mol. The van der Waals surface area contributed by atoms with E-state index in [-0.39, 0.29) is 16.8 Å². The number of hydrogen-bond acceptors (Lipinski definition) is 1. The van der Waals surface area contributed by atoms with E-state index in [2.05, 4.69) is 24.3 Å². The zero-order chi connectivity index (χ0) is 21.3. The van der Waals surface area contributed by atoms with Gasteiger partial charge in [0, 0.05) is 60.7 Å². The molecule has 1 aliphatic heterocycles. The van der Waals surface area contributed by atoms with Crippen molar-refractivity contribution < 1.29 is 16.8 Å². The second kappa shape index (κ2) is 17.2. The first kappa shape index (κ1) is 26.5. The molecular formula is C24H30CoN5O. The molecule has 166 valence electrons. The van der Waals surface area contributed by atoms with Gasteiger partial charge in [-0.3, -0.25) is 0 Å². The van der Waals surface area contributed by atoms with Crippen molar-refractivity contribution in [2.24, 2.45) is 0 Å². The average Bonchev–Trinajstić information content (AvgIpc) is 3.14. The van der Waals surface area contributed by atoms with Crippen LogP contribution in [0, 0.1) is 4.91 Å². The Morgan fingerprint density at radius 1 is 0.581 bits per heavy atom. The van der Waals surface area contributed by atoms with Crippen molar-refractivity contribution >= 4 is 22.7 Å². The fraction of sp³-hybridized carbons (Fsp3) is 0.417. The minimum atomic E-state index is 0. The van der Waals surface area contributed by atoms with E-state index >= 15 is 0 Å². The third-order valence-corrected chi connectivity index (χ3v) is 4.75. The molecule has 0 N–H and O–H groups in total. The standard InChI is InChI=1S/C24H30N4.Co.NO/c1-5-13-21-22(14-6-1)26-18-10-4-12-20-28-24-16-8-2-7-15-23(24)27-19-11-3-9-17-25-21;;1-2/h1-2,5-8,13-16H,3-4,9-12,17-20H2;;/q-2;+2;. The van der Waals surface area contributed by atoms with Crippen LogP contribution in [-0.2, 0) is 16.8 Å². The van der Waals surface area contributed by atoms with Gasteiger partial charge in [-0.25, -0.2) is 0 Å². The van der Waals surface area contributed by atoms with Crippen molar-refractivity contribution in [1.29, 1.82) is 0 Å². The number of hydrogen-bond donors (Lipinski definition) is 0. The van der Waals surface area contributed by atoms with E-state index in [9.17, 15) is 0 Å². The van der Waals surface area contributed by atoms with Gasteiger partial charge in [0.25, 0.3) is 0 Å². The molecule has 0 unspecified atom stereocenters. The first-order valence-corrected chi connectivity index (χ1v) is 10.7. The van der Waals surface area contributed by atoms with Crippen LogP contribution in [0.3, 0.4) is 0 Å². The van der Waals surface area contributed by atoms with Crippen LogP contribution in [0.2, 0.25) is 0 Å². The molecule has 0 atom stereocenters. The summed E-state index contributed by atoms with van der Waals surface area (Å²) >= 11 is 0. The summed E-state index contributed by atoms with van der Waals surface area (Å²) in [5.74, 6) is 0. The Labute approximate surface area is 196 Å². The van der Waals surface area contributed by atoms with Crippen LogP contribution in [0.15, 0.2) is 60.7 Å². The Balaban J connectivity index is 0.00000156. The number of nitrogens with zero attached hydrogens (tertiary/aromatic N) is 5. The summed E-state index contributed by atoms with van der Waals surface area (Å²) < 4.78 is 0. The molecule has 7 heteroatoms. The monoisotopic (exact) mass is 463 g/mol. The topological polar surface area (TPSA) is 95.8 Å². The van der Waals surface area contributed by atoms with Gasteiger partial charge >= 0.3 is 16.8 Å². The van der Waals surface area contributed by atoms with Gasteiger partial charge in [-0.2, -0.15) is 0 Å². The summed E-state index contributed by atoms with van der Waals surface area (Å²) in [5.41, 5.74) is 9.78. The van der Waals surface area contributed by atoms with Crippen LogP contribution in [0.5, 0.6) is 0 Å². The van der Waals surface area contributed by atoms with Gasteiger partial charge in [0.05, 0.1) is 0 Å². The van der Waals surface area contributed by atoms with Gasteiger partial charge in [-0.15, -0.1) is 31.1 Å². The van der Waals surface area contributed by atoms with Crippen molar-refractivity contribution in [3.63, 3.8) is 0 Å². The normalized spacial score (nSPS) is 14.8. The quantitative estimate of drug-likeness (QED) is 0.365. The van der Waals surface area contributed by atoms with E-state index in [0.29, 0.717) is 0 Å². The van der Waals surface area contributed by atoms with Gasteiger partial charge in [0.15, 0.2) is 0 Å². The smallest absolute Gasteiger partial charge is 0.662 e. The zero-order valence-corrected chi connectivity index (χ0v) is 18.9. The zero-order valence-electron chi connectivity index (χ0n) is 17.8. The molecule has 1 heterocycles. The SMILES string of the molecule is [Co+2].[N]=O.c1ccc2[c+](cc1)[N-]CCCCC[N-][c+]1cccccc1[N-]CCCCC[N-]2. The molecule has 2 aromatic carbocycles. The third-order valence-electron chi connectivity index (χ3n) is 4.75. The van der Waals surface area contributed by atoms with E-state index in [1.54, 1.807) is 0 Å². The van der Waals surface area contributed by atoms with Crippen LogP contribution in [0.1, 0.15) is 38.5 Å². The maximum absolute atomic E-state index is 7.25. The Kier molecular flexibility index (Phi) is 14.7. The van der Waals surface area contributed by atoms with Crippen LogP contribution in [0.4, 0.5) is 22.7 Å². The van der Waals surface area contributed by atoms with Crippen molar-refractivity contribution in [2.75, 3.05) is 26.2 Å². The van der Waals surface area contributed by atoms with Crippen molar-refractivity contribution in [1.82, 2.24) is 5.59 Å². The van der Waals surface area contributed by atoms with Crippen molar-refractivity contribution in [2.45, 2.75) is 38.5 Å². The summed E-state index contributed by atoms with van der Waals surface area (Å²) in [4.78, 5) is 7.25. The van der Waals surface area contributed by atoms with E-state index in [1.807, 2.05) is 36.4 Å². The fourth-order valence-corrected chi connectivity index (χ4v) is 3.19. The molecule has 0 saturated carbocycles. The first-order chi connectivity index (χ1) is 14.9. The van der Waals surface area contributed by atoms with E-state index in [0.717, 1.165) is 87.5 Å². The second-order valence-corrected chi connectivity index (χ2v) is 7.01. The van der Waals surface area contributed by atoms with Crippen molar-refractivity contribution in [3.05, 3.63) is 86.8 Å². The minimum Gasteiger partial charge on any atom is -0.662 e. The summed E-state index contributed by atoms with van der Waals surface area (Å²) in [7, 11) is 0. The van der Waals surface area contributed by atoms with Gasteiger partial charge in [0.2, 0.25) is 0 Å². The van der Waals surface area contributed by atoms with Gasteiger partial charge in [0.1, 0.15) is 5.59 Å². The number of rotatable bonds is 0. The Morgan fingerprint density at radius 2 is 1.00 bits per heavy atom. The van der Waals surface area contributed by atoms with Gasteiger partial charge in [-0.1, -0.05) is 38.5 Å². The molecule has 0 amide bonds. The van der Waals surface area contributed by atoms with E-state index < -0.39 is 0 Å². The third kappa shape index (κ3) is 10.4. The molecule has 1 aliphatic rings. The Morgan fingerprint density at radius 3 is 1.45 bits per heavy atom. The van der Waals surface area contributed by atoms with Crippen molar-refractivity contribution in [3.8, 4) is 0 Å². The van der Waals surface area contributed by atoms with Crippen LogP contribution in [-0.4, -0.2) is 26.2 Å². The summed E-state index contributed by atoms with van der Waals surface area (Å²) in [5, 5.41) is 19.2. The molecule has 3 rings (SSSR count). The maximum Gasteiger partial charge on any atom is 2.00 e. The number of nitroso groups, excluding NO2 is 1. The molecule has 0 saturated heterocycles. The molecule has 0 aliphatic carbocycles.